The first-order valence-corrected chi connectivity index (χ1v) is 11.6. The number of aryl methyl sites for hydroxylation is 2. The van der Waals surface area contributed by atoms with E-state index in [-0.39, 0.29) is 5.91 Å². The Hall–Kier alpha value is -2.40. The first kappa shape index (κ1) is 18.6. The van der Waals surface area contributed by atoms with E-state index in [2.05, 4.69) is 51.7 Å². The molecule has 2 aromatic heterocycles. The van der Waals surface area contributed by atoms with Crippen LogP contribution in [0.3, 0.4) is 0 Å². The summed E-state index contributed by atoms with van der Waals surface area (Å²) >= 11 is 1.66. The van der Waals surface area contributed by atoms with Crippen LogP contribution in [0.25, 0.3) is 11.1 Å². The maximum atomic E-state index is 13.4. The Balaban J connectivity index is 1.40. The number of H-pyrrole nitrogens is 1. The summed E-state index contributed by atoms with van der Waals surface area (Å²) in [4.78, 5) is 16.4. The molecule has 1 aliphatic heterocycles. The minimum atomic E-state index is 0.236. The van der Waals surface area contributed by atoms with Gasteiger partial charge in [-0.15, -0.1) is 11.3 Å². The molecular formula is C24H27N3OS. The van der Waals surface area contributed by atoms with Crippen LogP contribution in [0, 0.1) is 6.92 Å². The van der Waals surface area contributed by atoms with Crippen molar-refractivity contribution in [1.29, 1.82) is 0 Å². The van der Waals surface area contributed by atoms with Crippen LogP contribution in [-0.2, 0) is 12.8 Å². The standard InChI is InChI=1S/C24H27N3OS/c1-16-7-2-4-10-19(16)21-13-25-26-22(21)17-9-6-12-27(14-17)24(28)23-20-11-5-3-8-18(20)15-29-23/h2,4,7,10,13,15,17H,3,5-6,8-9,11-12,14H2,1H3,(H,25,26)/t17-/m1/s1. The quantitative estimate of drug-likeness (QED) is 0.639. The summed E-state index contributed by atoms with van der Waals surface area (Å²) in [5.74, 6) is 0.542. The van der Waals surface area contributed by atoms with Crippen LogP contribution in [-0.4, -0.2) is 34.1 Å². The molecule has 3 heterocycles. The number of nitrogens with one attached hydrogen (secondary N) is 1. The minimum Gasteiger partial charge on any atom is -0.337 e. The number of thiophene rings is 1. The van der Waals surface area contributed by atoms with Crippen LogP contribution in [0.15, 0.2) is 35.8 Å². The average molecular weight is 406 g/mol. The Morgan fingerprint density at radius 2 is 2.03 bits per heavy atom. The molecule has 1 amide bonds. The SMILES string of the molecule is Cc1ccccc1-c1cn[nH]c1[C@@H]1CCCN(C(=O)c2scc3c2CCCC3)C1. The van der Waals surface area contributed by atoms with E-state index in [1.54, 1.807) is 11.3 Å². The van der Waals surface area contributed by atoms with Crippen molar-refractivity contribution >= 4 is 17.2 Å². The lowest BCUT2D eigenvalue weighted by Gasteiger charge is -2.33. The van der Waals surface area contributed by atoms with Crippen molar-refractivity contribution in [3.05, 3.63) is 63.1 Å². The fourth-order valence-electron chi connectivity index (χ4n) is 4.94. The van der Waals surface area contributed by atoms with Crippen molar-refractivity contribution in [3.8, 4) is 11.1 Å². The largest absolute Gasteiger partial charge is 0.337 e. The lowest BCUT2D eigenvalue weighted by Crippen LogP contribution is -2.39. The Labute approximate surface area is 176 Å². The number of aromatic amines is 1. The van der Waals surface area contributed by atoms with Crippen molar-refractivity contribution in [3.63, 3.8) is 0 Å². The monoisotopic (exact) mass is 405 g/mol. The molecular weight excluding hydrogens is 378 g/mol. The number of carbonyl (C=O) groups excluding carboxylic acids is 1. The van der Waals surface area contributed by atoms with Crippen molar-refractivity contribution in [2.45, 2.75) is 51.4 Å². The Morgan fingerprint density at radius 3 is 2.93 bits per heavy atom. The molecule has 29 heavy (non-hydrogen) atoms. The van der Waals surface area contributed by atoms with Gasteiger partial charge in [0.15, 0.2) is 0 Å². The third kappa shape index (κ3) is 3.42. The maximum absolute atomic E-state index is 13.4. The summed E-state index contributed by atoms with van der Waals surface area (Å²) in [6.07, 6.45) is 8.73. The van der Waals surface area contributed by atoms with Gasteiger partial charge in [-0.2, -0.15) is 5.10 Å². The molecule has 150 valence electrons. The number of fused-ring (bicyclic) bond motifs is 1. The lowest BCUT2D eigenvalue weighted by molar-refractivity contribution is 0.0709. The van der Waals surface area contributed by atoms with E-state index < -0.39 is 0 Å². The van der Waals surface area contributed by atoms with E-state index in [0.29, 0.717) is 5.92 Å². The van der Waals surface area contributed by atoms with Gasteiger partial charge in [0.2, 0.25) is 0 Å². The summed E-state index contributed by atoms with van der Waals surface area (Å²) in [5, 5.41) is 9.84. The number of amides is 1. The van der Waals surface area contributed by atoms with Gasteiger partial charge in [0, 0.05) is 30.3 Å². The van der Waals surface area contributed by atoms with E-state index in [1.165, 1.54) is 46.4 Å². The van der Waals surface area contributed by atoms with E-state index >= 15 is 0 Å². The van der Waals surface area contributed by atoms with Crippen LogP contribution in [0.1, 0.15) is 63.7 Å². The number of hydrogen-bond donors (Lipinski definition) is 1. The Bertz CT molecular complexity index is 1030. The third-order valence-corrected chi connectivity index (χ3v) is 7.58. The van der Waals surface area contributed by atoms with Gasteiger partial charge in [0.25, 0.3) is 5.91 Å². The van der Waals surface area contributed by atoms with E-state index in [0.717, 1.165) is 43.6 Å². The fraction of sp³-hybridized carbons (Fsp3) is 0.417. The highest BCUT2D eigenvalue weighted by Crippen LogP contribution is 2.36. The van der Waals surface area contributed by atoms with Gasteiger partial charge in [-0.25, -0.2) is 0 Å². The Kier molecular flexibility index (Phi) is 5.00. The van der Waals surface area contributed by atoms with E-state index in [1.807, 2.05) is 6.20 Å². The van der Waals surface area contributed by atoms with Crippen LogP contribution >= 0.6 is 11.3 Å². The van der Waals surface area contributed by atoms with Gasteiger partial charge in [-0.1, -0.05) is 24.3 Å². The van der Waals surface area contributed by atoms with Crippen LogP contribution in [0.2, 0.25) is 0 Å². The highest BCUT2D eigenvalue weighted by Gasteiger charge is 2.30. The molecule has 1 aliphatic carbocycles. The molecule has 0 spiro atoms. The van der Waals surface area contributed by atoms with Crippen molar-refractivity contribution < 1.29 is 4.79 Å². The molecule has 1 N–H and O–H groups in total. The zero-order valence-corrected chi connectivity index (χ0v) is 17.7. The van der Waals surface area contributed by atoms with Crippen molar-refractivity contribution in [1.82, 2.24) is 15.1 Å². The molecule has 0 saturated carbocycles. The molecule has 1 aromatic carbocycles. The van der Waals surface area contributed by atoms with Gasteiger partial charge >= 0.3 is 0 Å². The molecule has 4 nitrogen and oxygen atoms in total. The van der Waals surface area contributed by atoms with Gasteiger partial charge in [-0.3, -0.25) is 9.89 Å². The zero-order chi connectivity index (χ0) is 19.8. The van der Waals surface area contributed by atoms with Gasteiger partial charge in [0.05, 0.1) is 11.1 Å². The minimum absolute atomic E-state index is 0.236. The average Bonchev–Trinajstić information content (AvgIpc) is 3.41. The first-order valence-electron chi connectivity index (χ1n) is 10.7. The summed E-state index contributed by atoms with van der Waals surface area (Å²) < 4.78 is 0. The molecule has 0 unspecified atom stereocenters. The van der Waals surface area contributed by atoms with Crippen molar-refractivity contribution in [2.24, 2.45) is 0 Å². The predicted octanol–water partition coefficient (Wildman–Crippen LogP) is 5.35. The topological polar surface area (TPSA) is 49.0 Å². The molecule has 0 bridgehead atoms. The van der Waals surface area contributed by atoms with Gasteiger partial charge < -0.3 is 4.90 Å². The predicted molar refractivity (Wildman–Crippen MR) is 118 cm³/mol. The molecule has 1 saturated heterocycles. The number of hydrogen-bond acceptors (Lipinski definition) is 3. The summed E-state index contributed by atoms with van der Waals surface area (Å²) in [6, 6.07) is 8.45. The molecule has 2 aliphatic rings. The van der Waals surface area contributed by atoms with Crippen LogP contribution in [0.4, 0.5) is 0 Å². The second kappa shape index (κ2) is 7.79. The number of carbonyl (C=O) groups is 1. The molecule has 0 radical (unpaired) electrons. The van der Waals surface area contributed by atoms with E-state index in [9.17, 15) is 4.79 Å². The fourth-order valence-corrected chi connectivity index (χ4v) is 6.06. The second-order valence-corrected chi connectivity index (χ2v) is 9.26. The number of likely N-dealkylation sites (tertiary alicyclic amines) is 1. The van der Waals surface area contributed by atoms with Crippen LogP contribution < -0.4 is 0 Å². The number of aromatic nitrogens is 2. The summed E-state index contributed by atoms with van der Waals surface area (Å²) in [6.45, 7) is 3.77. The van der Waals surface area contributed by atoms with Crippen molar-refractivity contribution in [2.75, 3.05) is 13.1 Å². The zero-order valence-electron chi connectivity index (χ0n) is 16.9. The Morgan fingerprint density at radius 1 is 1.17 bits per heavy atom. The highest BCUT2D eigenvalue weighted by molar-refractivity contribution is 7.12. The number of benzene rings is 1. The second-order valence-electron chi connectivity index (χ2n) is 8.38. The molecule has 5 rings (SSSR count). The van der Waals surface area contributed by atoms with Gasteiger partial charge in [0.1, 0.15) is 0 Å². The molecule has 3 aromatic rings. The maximum Gasteiger partial charge on any atom is 0.264 e. The smallest absolute Gasteiger partial charge is 0.264 e. The highest BCUT2D eigenvalue weighted by atomic mass is 32.1. The summed E-state index contributed by atoms with van der Waals surface area (Å²) in [7, 11) is 0. The van der Waals surface area contributed by atoms with Gasteiger partial charge in [-0.05, 0) is 73.1 Å². The first-order chi connectivity index (χ1) is 14.2. The third-order valence-electron chi connectivity index (χ3n) is 6.52. The van der Waals surface area contributed by atoms with E-state index in [4.69, 9.17) is 0 Å². The number of nitrogens with zero attached hydrogens (tertiary/aromatic N) is 2. The number of rotatable bonds is 3. The number of piperidine rings is 1. The molecule has 1 atom stereocenters. The molecule has 5 heteroatoms. The lowest BCUT2D eigenvalue weighted by atomic mass is 9.89. The normalized spacial score (nSPS) is 19.2. The summed E-state index contributed by atoms with van der Waals surface area (Å²) in [5.41, 5.74) is 7.57. The molecule has 1 fully saturated rings. The van der Waals surface area contributed by atoms with Crippen LogP contribution in [0.5, 0.6) is 0 Å².